The molecule has 0 spiro atoms. The van der Waals surface area contributed by atoms with Crippen molar-refractivity contribution in [2.45, 2.75) is 13.8 Å². The van der Waals surface area contributed by atoms with Gasteiger partial charge in [0.05, 0.1) is 0 Å². The van der Waals surface area contributed by atoms with Crippen molar-refractivity contribution in [2.24, 2.45) is 5.41 Å². The Morgan fingerprint density at radius 1 is 1.39 bits per heavy atom. The zero-order valence-electron chi connectivity index (χ0n) is 11.4. The summed E-state index contributed by atoms with van der Waals surface area (Å²) in [5.74, 6) is -0.250. The van der Waals surface area contributed by atoms with Gasteiger partial charge in [-0.25, -0.2) is 0 Å². The number of aromatic amines is 1. The number of carbonyl (C=O) groups excluding carboxylic acids is 1. The quantitative estimate of drug-likeness (QED) is 0.809. The second kappa shape index (κ2) is 5.82. The first-order valence-electron chi connectivity index (χ1n) is 5.92. The van der Waals surface area contributed by atoms with Crippen molar-refractivity contribution in [3.05, 3.63) is 34.2 Å². The summed E-state index contributed by atoms with van der Waals surface area (Å²) >= 11 is 0. The Morgan fingerprint density at radius 2 is 2.06 bits per heavy atom. The molecule has 1 aromatic heterocycles. The van der Waals surface area contributed by atoms with Gasteiger partial charge in [0, 0.05) is 19.2 Å². The van der Waals surface area contributed by atoms with Crippen molar-refractivity contribution in [1.29, 1.82) is 0 Å². The van der Waals surface area contributed by atoms with Crippen LogP contribution in [-0.2, 0) is 0 Å². The number of carbonyl (C=O) groups is 1. The number of rotatable bonds is 5. The molecule has 2 N–H and O–H groups in total. The van der Waals surface area contributed by atoms with Gasteiger partial charge in [-0.2, -0.15) is 0 Å². The first kappa shape index (κ1) is 14.4. The summed E-state index contributed by atoms with van der Waals surface area (Å²) in [4.78, 5) is 27.5. The molecule has 1 aromatic rings. The lowest BCUT2D eigenvalue weighted by Crippen LogP contribution is -2.40. The van der Waals surface area contributed by atoms with Crippen LogP contribution in [0.25, 0.3) is 0 Å². The third kappa shape index (κ3) is 4.71. The standard InChI is InChI=1S/C13H21N3O2/c1-13(2,9-16(3)4)8-14-12(18)10-6-5-7-11(17)15-10/h5-7H,8-9H2,1-4H3,(H,14,18)(H,15,17). The molecule has 5 nitrogen and oxygen atoms in total. The molecule has 5 heteroatoms. The molecule has 18 heavy (non-hydrogen) atoms. The Labute approximate surface area is 107 Å². The van der Waals surface area contributed by atoms with E-state index in [-0.39, 0.29) is 16.9 Å². The van der Waals surface area contributed by atoms with Crippen LogP contribution in [0.4, 0.5) is 0 Å². The molecule has 0 saturated carbocycles. The molecule has 0 fully saturated rings. The normalized spacial score (nSPS) is 11.6. The van der Waals surface area contributed by atoms with Crippen molar-refractivity contribution >= 4 is 5.91 Å². The molecule has 1 heterocycles. The first-order valence-corrected chi connectivity index (χ1v) is 5.92. The maximum Gasteiger partial charge on any atom is 0.267 e. The van der Waals surface area contributed by atoms with Crippen LogP contribution in [0.15, 0.2) is 23.0 Å². The zero-order chi connectivity index (χ0) is 13.8. The van der Waals surface area contributed by atoms with Gasteiger partial charge in [0.2, 0.25) is 5.56 Å². The van der Waals surface area contributed by atoms with Gasteiger partial charge in [0.1, 0.15) is 5.69 Å². The summed E-state index contributed by atoms with van der Waals surface area (Å²) in [7, 11) is 4.00. The lowest BCUT2D eigenvalue weighted by Gasteiger charge is -2.28. The minimum absolute atomic E-state index is 0.0196. The molecule has 1 rings (SSSR count). The number of hydrogen-bond acceptors (Lipinski definition) is 3. The van der Waals surface area contributed by atoms with E-state index in [9.17, 15) is 9.59 Å². The fourth-order valence-electron chi connectivity index (χ4n) is 1.91. The predicted molar refractivity (Wildman–Crippen MR) is 71.7 cm³/mol. The Balaban J connectivity index is 2.59. The number of H-pyrrole nitrogens is 1. The molecule has 0 aliphatic carbocycles. The molecule has 1 amide bonds. The van der Waals surface area contributed by atoms with Crippen molar-refractivity contribution in [3.8, 4) is 0 Å². The Bertz CT molecular complexity index is 463. The van der Waals surface area contributed by atoms with Crippen molar-refractivity contribution in [2.75, 3.05) is 27.2 Å². The highest BCUT2D eigenvalue weighted by Crippen LogP contribution is 2.14. The summed E-state index contributed by atoms with van der Waals surface area (Å²) in [5.41, 5.74) is 0.00665. The van der Waals surface area contributed by atoms with E-state index in [1.165, 1.54) is 6.07 Å². The van der Waals surface area contributed by atoms with Crippen LogP contribution in [0.3, 0.4) is 0 Å². The second-order valence-electron chi connectivity index (χ2n) is 5.51. The minimum atomic E-state index is -0.268. The van der Waals surface area contributed by atoms with Gasteiger partial charge in [-0.3, -0.25) is 9.59 Å². The third-order valence-electron chi connectivity index (χ3n) is 2.48. The fourth-order valence-corrected chi connectivity index (χ4v) is 1.91. The van der Waals surface area contributed by atoms with E-state index >= 15 is 0 Å². The molecular weight excluding hydrogens is 230 g/mol. The van der Waals surface area contributed by atoms with Crippen LogP contribution >= 0.6 is 0 Å². The van der Waals surface area contributed by atoms with Gasteiger partial charge in [-0.15, -0.1) is 0 Å². The van der Waals surface area contributed by atoms with Crippen LogP contribution < -0.4 is 10.9 Å². The van der Waals surface area contributed by atoms with Gasteiger partial charge < -0.3 is 15.2 Å². The van der Waals surface area contributed by atoms with E-state index in [0.29, 0.717) is 12.2 Å². The molecule has 0 aromatic carbocycles. The maximum atomic E-state index is 11.8. The van der Waals surface area contributed by atoms with E-state index < -0.39 is 0 Å². The topological polar surface area (TPSA) is 65.2 Å². The number of pyridine rings is 1. The molecule has 0 bridgehead atoms. The number of amides is 1. The van der Waals surface area contributed by atoms with Crippen molar-refractivity contribution in [1.82, 2.24) is 15.2 Å². The van der Waals surface area contributed by atoms with Gasteiger partial charge in [0.25, 0.3) is 5.91 Å². The lowest BCUT2D eigenvalue weighted by atomic mass is 9.93. The largest absolute Gasteiger partial charge is 0.350 e. The third-order valence-corrected chi connectivity index (χ3v) is 2.48. The highest BCUT2D eigenvalue weighted by Gasteiger charge is 2.20. The highest BCUT2D eigenvalue weighted by molar-refractivity contribution is 5.92. The molecule has 0 aliphatic rings. The summed E-state index contributed by atoms with van der Waals surface area (Å²) in [6, 6.07) is 4.54. The van der Waals surface area contributed by atoms with Gasteiger partial charge in [-0.05, 0) is 25.6 Å². The summed E-state index contributed by atoms with van der Waals surface area (Å²) < 4.78 is 0. The average molecular weight is 251 g/mol. The van der Waals surface area contributed by atoms with E-state index in [0.717, 1.165) is 6.54 Å². The Kier molecular flexibility index (Phi) is 4.67. The van der Waals surface area contributed by atoms with Crippen molar-refractivity contribution < 1.29 is 4.79 Å². The molecular formula is C13H21N3O2. The van der Waals surface area contributed by atoms with Gasteiger partial charge >= 0.3 is 0 Å². The number of aromatic nitrogens is 1. The predicted octanol–water partition coefficient (Wildman–Crippen LogP) is 0.692. The highest BCUT2D eigenvalue weighted by atomic mass is 16.2. The molecule has 100 valence electrons. The first-order chi connectivity index (χ1) is 8.30. The molecule has 0 aliphatic heterocycles. The average Bonchev–Trinajstić information content (AvgIpc) is 2.24. The van der Waals surface area contributed by atoms with Crippen LogP contribution in [0.5, 0.6) is 0 Å². The van der Waals surface area contributed by atoms with E-state index in [1.54, 1.807) is 12.1 Å². The zero-order valence-corrected chi connectivity index (χ0v) is 11.4. The maximum absolute atomic E-state index is 11.8. The number of hydrogen-bond donors (Lipinski definition) is 2. The minimum Gasteiger partial charge on any atom is -0.350 e. The number of nitrogens with one attached hydrogen (secondary N) is 2. The monoisotopic (exact) mass is 251 g/mol. The summed E-state index contributed by atoms with van der Waals surface area (Å²) in [5, 5.41) is 2.84. The fraction of sp³-hybridized carbons (Fsp3) is 0.538. The lowest BCUT2D eigenvalue weighted by molar-refractivity contribution is 0.0924. The molecule has 0 saturated heterocycles. The van der Waals surface area contributed by atoms with Gasteiger partial charge in [0.15, 0.2) is 0 Å². The summed E-state index contributed by atoms with van der Waals surface area (Å²) in [6.07, 6.45) is 0. The van der Waals surface area contributed by atoms with Crippen LogP contribution in [0.2, 0.25) is 0 Å². The van der Waals surface area contributed by atoms with E-state index in [2.05, 4.69) is 29.0 Å². The van der Waals surface area contributed by atoms with Gasteiger partial charge in [-0.1, -0.05) is 19.9 Å². The molecule has 0 unspecified atom stereocenters. The van der Waals surface area contributed by atoms with E-state index in [4.69, 9.17) is 0 Å². The van der Waals surface area contributed by atoms with Crippen molar-refractivity contribution in [3.63, 3.8) is 0 Å². The number of nitrogens with zero attached hydrogens (tertiary/aromatic N) is 1. The SMILES string of the molecule is CN(C)CC(C)(C)CNC(=O)c1cccc(=O)[nH]1. The van der Waals surface area contributed by atoms with Crippen LogP contribution in [0.1, 0.15) is 24.3 Å². The molecule has 0 radical (unpaired) electrons. The Hall–Kier alpha value is -1.62. The Morgan fingerprint density at radius 3 is 2.61 bits per heavy atom. The smallest absolute Gasteiger partial charge is 0.267 e. The van der Waals surface area contributed by atoms with E-state index in [1.807, 2.05) is 14.1 Å². The van der Waals surface area contributed by atoms with Crippen LogP contribution in [-0.4, -0.2) is 43.0 Å². The second-order valence-corrected chi connectivity index (χ2v) is 5.51. The molecule has 0 atom stereocenters. The summed E-state index contributed by atoms with van der Waals surface area (Å²) in [6.45, 7) is 5.60. The van der Waals surface area contributed by atoms with Crippen LogP contribution in [0, 0.1) is 5.41 Å².